The van der Waals surface area contributed by atoms with E-state index >= 15 is 0 Å². The van der Waals surface area contributed by atoms with Gasteiger partial charge < -0.3 is 9.47 Å². The van der Waals surface area contributed by atoms with Crippen molar-refractivity contribution in [3.05, 3.63) is 72.1 Å². The van der Waals surface area contributed by atoms with Crippen LogP contribution in [0.25, 0.3) is 11.3 Å². The van der Waals surface area contributed by atoms with E-state index in [4.69, 9.17) is 9.47 Å². The first-order valence-corrected chi connectivity index (χ1v) is 7.95. The summed E-state index contributed by atoms with van der Waals surface area (Å²) in [5, 5.41) is 0. The van der Waals surface area contributed by atoms with Crippen molar-refractivity contribution in [1.82, 2.24) is 9.97 Å². The van der Waals surface area contributed by atoms with E-state index in [9.17, 15) is 0 Å². The Bertz CT molecular complexity index is 766. The molecule has 122 valence electrons. The lowest BCUT2D eigenvalue weighted by Gasteiger charge is -2.07. The quantitative estimate of drug-likeness (QED) is 0.679. The van der Waals surface area contributed by atoms with Gasteiger partial charge in [0.1, 0.15) is 12.4 Å². The normalized spacial score (nSPS) is 10.4. The van der Waals surface area contributed by atoms with Crippen molar-refractivity contribution in [1.29, 1.82) is 0 Å². The fourth-order valence-electron chi connectivity index (χ4n) is 2.33. The van der Waals surface area contributed by atoms with Crippen molar-refractivity contribution < 1.29 is 9.47 Å². The van der Waals surface area contributed by atoms with Gasteiger partial charge in [-0.15, -0.1) is 0 Å². The number of hydrogen-bond donors (Lipinski definition) is 0. The Labute approximate surface area is 142 Å². The molecule has 0 atom stereocenters. The minimum atomic E-state index is 0.487. The van der Waals surface area contributed by atoms with Crippen LogP contribution in [0.3, 0.4) is 0 Å². The van der Waals surface area contributed by atoms with Gasteiger partial charge >= 0.3 is 0 Å². The second kappa shape index (κ2) is 7.59. The van der Waals surface area contributed by atoms with Gasteiger partial charge in [0.15, 0.2) is 0 Å². The number of methoxy groups -OCH3 is 1. The van der Waals surface area contributed by atoms with E-state index in [1.165, 1.54) is 5.56 Å². The summed E-state index contributed by atoms with van der Waals surface area (Å²) in [5.74, 6) is 1.34. The summed E-state index contributed by atoms with van der Waals surface area (Å²) >= 11 is 0. The van der Waals surface area contributed by atoms with Crippen LogP contribution in [0.4, 0.5) is 0 Å². The Morgan fingerprint density at radius 3 is 2.12 bits per heavy atom. The first kappa shape index (κ1) is 16.0. The molecule has 0 bridgehead atoms. The van der Waals surface area contributed by atoms with Crippen molar-refractivity contribution in [2.24, 2.45) is 0 Å². The molecule has 4 nitrogen and oxygen atoms in total. The fraction of sp³-hybridized carbons (Fsp3) is 0.200. The predicted molar refractivity (Wildman–Crippen MR) is 94.2 cm³/mol. The van der Waals surface area contributed by atoms with E-state index in [1.54, 1.807) is 19.5 Å². The topological polar surface area (TPSA) is 44.2 Å². The van der Waals surface area contributed by atoms with E-state index in [0.717, 1.165) is 29.0 Å². The third kappa shape index (κ3) is 3.90. The van der Waals surface area contributed by atoms with Crippen LogP contribution in [0.1, 0.15) is 18.1 Å². The lowest BCUT2D eigenvalue weighted by atomic mass is 10.1. The van der Waals surface area contributed by atoms with Crippen LogP contribution in [-0.2, 0) is 13.0 Å². The van der Waals surface area contributed by atoms with Gasteiger partial charge in [-0.2, -0.15) is 0 Å². The van der Waals surface area contributed by atoms with Crippen molar-refractivity contribution >= 4 is 0 Å². The maximum atomic E-state index is 5.70. The molecule has 1 heterocycles. The zero-order valence-electron chi connectivity index (χ0n) is 13.9. The number of aryl methyl sites for hydroxylation is 1. The van der Waals surface area contributed by atoms with E-state index in [-0.39, 0.29) is 0 Å². The molecule has 0 amide bonds. The van der Waals surface area contributed by atoms with Crippen LogP contribution >= 0.6 is 0 Å². The van der Waals surface area contributed by atoms with Crippen molar-refractivity contribution in [3.63, 3.8) is 0 Å². The largest absolute Gasteiger partial charge is 0.497 e. The minimum absolute atomic E-state index is 0.487. The molecule has 24 heavy (non-hydrogen) atoms. The molecule has 1 aromatic heterocycles. The SMILES string of the molecule is CCc1ccc(COc2cnc(-c3ccc(OC)cc3)cn2)cc1. The number of benzene rings is 2. The summed E-state index contributed by atoms with van der Waals surface area (Å²) in [6.07, 6.45) is 4.41. The van der Waals surface area contributed by atoms with Crippen molar-refractivity contribution in [2.75, 3.05) is 7.11 Å². The van der Waals surface area contributed by atoms with E-state index in [0.29, 0.717) is 12.5 Å². The average molecular weight is 320 g/mol. The number of rotatable bonds is 6. The molecular formula is C20H20N2O2. The molecular weight excluding hydrogens is 300 g/mol. The molecule has 0 saturated heterocycles. The number of ether oxygens (including phenoxy) is 2. The summed E-state index contributed by atoms with van der Waals surface area (Å²) < 4.78 is 10.9. The fourth-order valence-corrected chi connectivity index (χ4v) is 2.33. The Kier molecular flexibility index (Phi) is 5.06. The molecule has 0 aliphatic carbocycles. The summed E-state index contributed by atoms with van der Waals surface area (Å²) in [6.45, 7) is 2.63. The van der Waals surface area contributed by atoms with Gasteiger partial charge in [0.2, 0.25) is 5.88 Å². The lowest BCUT2D eigenvalue weighted by Crippen LogP contribution is -1.98. The Hall–Kier alpha value is -2.88. The van der Waals surface area contributed by atoms with Gasteiger partial charge in [0, 0.05) is 5.56 Å². The number of hydrogen-bond acceptors (Lipinski definition) is 4. The highest BCUT2D eigenvalue weighted by Gasteiger charge is 2.03. The van der Waals surface area contributed by atoms with Crippen LogP contribution in [0.5, 0.6) is 11.6 Å². The van der Waals surface area contributed by atoms with Gasteiger partial charge in [-0.3, -0.25) is 0 Å². The highest BCUT2D eigenvalue weighted by molar-refractivity contribution is 5.59. The lowest BCUT2D eigenvalue weighted by molar-refractivity contribution is 0.292. The maximum Gasteiger partial charge on any atom is 0.232 e. The summed E-state index contributed by atoms with van der Waals surface area (Å²) in [5.41, 5.74) is 4.23. The van der Waals surface area contributed by atoms with E-state index in [1.807, 2.05) is 24.3 Å². The molecule has 0 saturated carbocycles. The maximum absolute atomic E-state index is 5.70. The third-order valence-corrected chi connectivity index (χ3v) is 3.83. The van der Waals surface area contributed by atoms with Gasteiger partial charge in [-0.1, -0.05) is 31.2 Å². The Morgan fingerprint density at radius 1 is 0.833 bits per heavy atom. The standard InChI is InChI=1S/C20H20N2O2/c1-3-15-4-6-16(7-5-15)14-24-20-13-21-19(12-22-20)17-8-10-18(23-2)11-9-17/h4-13H,3,14H2,1-2H3. The molecule has 0 unspecified atom stereocenters. The van der Waals surface area contributed by atoms with Crippen LogP contribution in [-0.4, -0.2) is 17.1 Å². The van der Waals surface area contributed by atoms with Crippen LogP contribution in [0.15, 0.2) is 60.9 Å². The van der Waals surface area contributed by atoms with Crippen molar-refractivity contribution in [3.8, 4) is 22.9 Å². The molecule has 0 N–H and O–H groups in total. The van der Waals surface area contributed by atoms with Gasteiger partial charge in [-0.25, -0.2) is 9.97 Å². The molecule has 3 aromatic rings. The molecule has 4 heteroatoms. The van der Waals surface area contributed by atoms with Crippen LogP contribution in [0.2, 0.25) is 0 Å². The van der Waals surface area contributed by atoms with Crippen LogP contribution < -0.4 is 9.47 Å². The predicted octanol–water partition coefficient (Wildman–Crippen LogP) is 4.29. The first-order valence-electron chi connectivity index (χ1n) is 7.95. The smallest absolute Gasteiger partial charge is 0.232 e. The van der Waals surface area contributed by atoms with Crippen LogP contribution in [0, 0.1) is 0 Å². The number of nitrogens with zero attached hydrogens (tertiary/aromatic N) is 2. The first-order chi connectivity index (χ1) is 11.8. The van der Waals surface area contributed by atoms with Gasteiger partial charge in [0.05, 0.1) is 25.2 Å². The summed E-state index contributed by atoms with van der Waals surface area (Å²) in [7, 11) is 1.65. The second-order valence-corrected chi connectivity index (χ2v) is 5.43. The van der Waals surface area contributed by atoms with E-state index in [2.05, 4.69) is 41.2 Å². The Morgan fingerprint density at radius 2 is 1.54 bits per heavy atom. The zero-order valence-corrected chi connectivity index (χ0v) is 13.9. The minimum Gasteiger partial charge on any atom is -0.497 e. The third-order valence-electron chi connectivity index (χ3n) is 3.83. The van der Waals surface area contributed by atoms with E-state index < -0.39 is 0 Å². The summed E-state index contributed by atoms with van der Waals surface area (Å²) in [4.78, 5) is 8.75. The molecule has 0 fully saturated rings. The second-order valence-electron chi connectivity index (χ2n) is 5.43. The average Bonchev–Trinajstić information content (AvgIpc) is 2.67. The molecule has 3 rings (SSSR count). The molecule has 0 radical (unpaired) electrons. The molecule has 0 aliphatic heterocycles. The molecule has 2 aromatic carbocycles. The van der Waals surface area contributed by atoms with Gasteiger partial charge in [-0.05, 0) is 41.8 Å². The van der Waals surface area contributed by atoms with Gasteiger partial charge in [0.25, 0.3) is 0 Å². The Balaban J connectivity index is 1.63. The number of aromatic nitrogens is 2. The summed E-state index contributed by atoms with van der Waals surface area (Å²) in [6, 6.07) is 16.1. The molecule has 0 spiro atoms. The molecule has 0 aliphatic rings. The zero-order chi connectivity index (χ0) is 16.8. The highest BCUT2D eigenvalue weighted by Crippen LogP contribution is 2.21. The monoisotopic (exact) mass is 320 g/mol. The highest BCUT2D eigenvalue weighted by atomic mass is 16.5. The van der Waals surface area contributed by atoms with Crippen molar-refractivity contribution in [2.45, 2.75) is 20.0 Å².